The standard InChI is InChI=1S/C12H16N2O/c1-4-7-14(2)11-8-10(9-13)5-6-12(11)15-3/h5-6,8H,4,7H2,1-3H3. The fraction of sp³-hybridized carbons (Fsp3) is 0.417. The van der Waals surface area contributed by atoms with E-state index in [1.54, 1.807) is 13.2 Å². The van der Waals surface area contributed by atoms with Crippen LogP contribution in [0.1, 0.15) is 18.9 Å². The first-order chi connectivity index (χ1) is 7.22. The van der Waals surface area contributed by atoms with E-state index in [0.717, 1.165) is 24.4 Å². The summed E-state index contributed by atoms with van der Waals surface area (Å²) in [5.41, 5.74) is 1.63. The molecule has 0 aromatic heterocycles. The molecule has 0 aliphatic rings. The zero-order valence-electron chi connectivity index (χ0n) is 9.45. The Balaban J connectivity index is 3.06. The van der Waals surface area contributed by atoms with Crippen LogP contribution in [0.4, 0.5) is 5.69 Å². The average molecular weight is 204 g/mol. The number of ether oxygens (including phenoxy) is 1. The predicted molar refractivity (Wildman–Crippen MR) is 61.3 cm³/mol. The molecular weight excluding hydrogens is 188 g/mol. The highest BCUT2D eigenvalue weighted by atomic mass is 16.5. The Morgan fingerprint density at radius 2 is 2.20 bits per heavy atom. The van der Waals surface area contributed by atoms with Crippen LogP contribution in [-0.2, 0) is 0 Å². The van der Waals surface area contributed by atoms with Crippen molar-refractivity contribution in [3.8, 4) is 11.8 Å². The lowest BCUT2D eigenvalue weighted by molar-refractivity contribution is 0.415. The monoisotopic (exact) mass is 204 g/mol. The summed E-state index contributed by atoms with van der Waals surface area (Å²) in [5, 5.41) is 8.83. The first-order valence-corrected chi connectivity index (χ1v) is 5.02. The normalized spacial score (nSPS) is 9.47. The minimum absolute atomic E-state index is 0.661. The highest BCUT2D eigenvalue weighted by Crippen LogP contribution is 2.28. The summed E-state index contributed by atoms with van der Waals surface area (Å²) in [7, 11) is 3.65. The van der Waals surface area contributed by atoms with Crippen molar-refractivity contribution in [3.05, 3.63) is 23.8 Å². The van der Waals surface area contributed by atoms with Crippen LogP contribution in [0.15, 0.2) is 18.2 Å². The van der Waals surface area contributed by atoms with Crippen molar-refractivity contribution < 1.29 is 4.74 Å². The van der Waals surface area contributed by atoms with Gasteiger partial charge in [0.15, 0.2) is 0 Å². The number of methoxy groups -OCH3 is 1. The highest BCUT2D eigenvalue weighted by molar-refractivity contribution is 5.61. The number of hydrogen-bond acceptors (Lipinski definition) is 3. The summed E-state index contributed by atoms with van der Waals surface area (Å²) in [6.07, 6.45) is 1.07. The molecule has 3 nitrogen and oxygen atoms in total. The predicted octanol–water partition coefficient (Wildman–Crippen LogP) is 2.41. The minimum atomic E-state index is 0.661. The lowest BCUT2D eigenvalue weighted by Gasteiger charge is -2.21. The molecule has 1 rings (SSSR count). The minimum Gasteiger partial charge on any atom is -0.495 e. The molecule has 1 aromatic carbocycles. The van der Waals surface area contributed by atoms with Crippen molar-refractivity contribution in [1.29, 1.82) is 5.26 Å². The van der Waals surface area contributed by atoms with E-state index in [2.05, 4.69) is 17.9 Å². The van der Waals surface area contributed by atoms with Crippen LogP contribution in [-0.4, -0.2) is 20.7 Å². The molecule has 0 radical (unpaired) electrons. The number of benzene rings is 1. The molecule has 3 heteroatoms. The maximum Gasteiger partial charge on any atom is 0.142 e. The third kappa shape index (κ3) is 2.63. The molecule has 0 fully saturated rings. The van der Waals surface area contributed by atoms with Gasteiger partial charge in [0.05, 0.1) is 24.4 Å². The van der Waals surface area contributed by atoms with E-state index in [4.69, 9.17) is 10.00 Å². The maximum atomic E-state index is 8.83. The third-order valence-electron chi connectivity index (χ3n) is 2.28. The maximum absolute atomic E-state index is 8.83. The smallest absolute Gasteiger partial charge is 0.142 e. The Kier molecular flexibility index (Phi) is 3.99. The zero-order valence-corrected chi connectivity index (χ0v) is 9.45. The van der Waals surface area contributed by atoms with Gasteiger partial charge in [0.1, 0.15) is 5.75 Å². The van der Waals surface area contributed by atoms with Crippen LogP contribution in [0.5, 0.6) is 5.75 Å². The summed E-state index contributed by atoms with van der Waals surface area (Å²) in [5.74, 6) is 0.810. The van der Waals surface area contributed by atoms with Crippen molar-refractivity contribution in [1.82, 2.24) is 0 Å². The Morgan fingerprint density at radius 1 is 1.47 bits per heavy atom. The number of rotatable bonds is 4. The molecule has 0 N–H and O–H groups in total. The Labute approximate surface area is 90.9 Å². The molecule has 0 unspecified atom stereocenters. The van der Waals surface area contributed by atoms with Gasteiger partial charge in [-0.15, -0.1) is 0 Å². The van der Waals surface area contributed by atoms with Crippen molar-refractivity contribution in [2.45, 2.75) is 13.3 Å². The van der Waals surface area contributed by atoms with Gasteiger partial charge in [-0.05, 0) is 24.6 Å². The van der Waals surface area contributed by atoms with E-state index in [0.29, 0.717) is 5.56 Å². The van der Waals surface area contributed by atoms with E-state index in [1.807, 2.05) is 19.2 Å². The van der Waals surface area contributed by atoms with E-state index in [-0.39, 0.29) is 0 Å². The molecule has 15 heavy (non-hydrogen) atoms. The lowest BCUT2D eigenvalue weighted by Crippen LogP contribution is -2.18. The van der Waals surface area contributed by atoms with Crippen LogP contribution < -0.4 is 9.64 Å². The van der Waals surface area contributed by atoms with Crippen molar-refractivity contribution >= 4 is 5.69 Å². The molecule has 0 spiro atoms. The molecular formula is C12H16N2O. The van der Waals surface area contributed by atoms with Crippen LogP contribution in [0.3, 0.4) is 0 Å². The van der Waals surface area contributed by atoms with Crippen LogP contribution in [0, 0.1) is 11.3 Å². The average Bonchev–Trinajstić information content (AvgIpc) is 2.28. The molecule has 0 bridgehead atoms. The van der Waals surface area contributed by atoms with Crippen LogP contribution >= 0.6 is 0 Å². The molecule has 0 saturated heterocycles. The molecule has 0 saturated carbocycles. The number of anilines is 1. The zero-order chi connectivity index (χ0) is 11.3. The van der Waals surface area contributed by atoms with Gasteiger partial charge in [-0.3, -0.25) is 0 Å². The molecule has 0 heterocycles. The fourth-order valence-corrected chi connectivity index (χ4v) is 1.51. The van der Waals surface area contributed by atoms with E-state index >= 15 is 0 Å². The molecule has 0 amide bonds. The van der Waals surface area contributed by atoms with Gasteiger partial charge in [0.2, 0.25) is 0 Å². The summed E-state index contributed by atoms with van der Waals surface area (Å²) >= 11 is 0. The molecule has 0 atom stereocenters. The van der Waals surface area contributed by atoms with Crippen molar-refractivity contribution in [3.63, 3.8) is 0 Å². The molecule has 0 aliphatic carbocycles. The first-order valence-electron chi connectivity index (χ1n) is 5.02. The second kappa shape index (κ2) is 5.26. The van der Waals surface area contributed by atoms with Gasteiger partial charge >= 0.3 is 0 Å². The Morgan fingerprint density at radius 3 is 2.73 bits per heavy atom. The van der Waals surface area contributed by atoms with Gasteiger partial charge in [0.25, 0.3) is 0 Å². The van der Waals surface area contributed by atoms with E-state index in [9.17, 15) is 0 Å². The number of nitrogens with zero attached hydrogens (tertiary/aromatic N) is 2. The quantitative estimate of drug-likeness (QED) is 0.755. The SMILES string of the molecule is CCCN(C)c1cc(C#N)ccc1OC. The third-order valence-corrected chi connectivity index (χ3v) is 2.28. The number of hydrogen-bond donors (Lipinski definition) is 0. The van der Waals surface area contributed by atoms with Gasteiger partial charge in [-0.1, -0.05) is 6.92 Å². The Bertz CT molecular complexity index is 368. The molecule has 0 aliphatic heterocycles. The highest BCUT2D eigenvalue weighted by Gasteiger charge is 2.08. The second-order valence-electron chi connectivity index (χ2n) is 3.42. The Hall–Kier alpha value is -1.69. The topological polar surface area (TPSA) is 36.3 Å². The summed E-state index contributed by atoms with van der Waals surface area (Å²) in [6.45, 7) is 3.07. The summed E-state index contributed by atoms with van der Waals surface area (Å²) < 4.78 is 5.26. The van der Waals surface area contributed by atoms with Crippen LogP contribution in [0.25, 0.3) is 0 Å². The fourth-order valence-electron chi connectivity index (χ4n) is 1.51. The van der Waals surface area contributed by atoms with Gasteiger partial charge in [-0.2, -0.15) is 5.26 Å². The van der Waals surface area contributed by atoms with Crippen molar-refractivity contribution in [2.24, 2.45) is 0 Å². The van der Waals surface area contributed by atoms with Crippen LogP contribution in [0.2, 0.25) is 0 Å². The summed E-state index contributed by atoms with van der Waals surface area (Å²) in [6, 6.07) is 7.59. The van der Waals surface area contributed by atoms with Crippen molar-refractivity contribution in [2.75, 3.05) is 25.6 Å². The second-order valence-corrected chi connectivity index (χ2v) is 3.42. The molecule has 1 aromatic rings. The van der Waals surface area contributed by atoms with Gasteiger partial charge in [0, 0.05) is 13.6 Å². The van der Waals surface area contributed by atoms with Gasteiger partial charge in [-0.25, -0.2) is 0 Å². The largest absolute Gasteiger partial charge is 0.495 e. The lowest BCUT2D eigenvalue weighted by atomic mass is 10.2. The first kappa shape index (κ1) is 11.4. The summed E-state index contributed by atoms with van der Waals surface area (Å²) in [4.78, 5) is 2.10. The molecule has 80 valence electrons. The van der Waals surface area contributed by atoms with E-state index < -0.39 is 0 Å². The van der Waals surface area contributed by atoms with E-state index in [1.165, 1.54) is 0 Å². The van der Waals surface area contributed by atoms with Gasteiger partial charge < -0.3 is 9.64 Å². The number of nitriles is 1.